The highest BCUT2D eigenvalue weighted by atomic mass is 32.2. The SMILES string of the molecule is O=C1NC(=O)C([C@H]2CCCc3cc(Oc4cc(C(F)(F)F)ccn4)ccc32)S1. The third kappa shape index (κ3) is 3.71. The monoisotopic (exact) mass is 408 g/mol. The van der Waals surface area contributed by atoms with Crippen LogP contribution in [0.5, 0.6) is 11.6 Å². The van der Waals surface area contributed by atoms with Crippen molar-refractivity contribution in [3.63, 3.8) is 0 Å². The third-order valence-corrected chi connectivity index (χ3v) is 5.96. The van der Waals surface area contributed by atoms with Crippen molar-refractivity contribution in [3.05, 3.63) is 53.2 Å². The summed E-state index contributed by atoms with van der Waals surface area (Å²) in [5.41, 5.74) is 1.11. The van der Waals surface area contributed by atoms with E-state index in [2.05, 4.69) is 10.3 Å². The summed E-state index contributed by atoms with van der Waals surface area (Å²) in [7, 11) is 0. The lowest BCUT2D eigenvalue weighted by molar-refractivity contribution is -0.137. The Morgan fingerprint density at radius 3 is 2.71 bits per heavy atom. The molecule has 2 aromatic rings. The van der Waals surface area contributed by atoms with Crippen LogP contribution < -0.4 is 10.1 Å². The van der Waals surface area contributed by atoms with Crippen LogP contribution in [0.1, 0.15) is 35.4 Å². The number of benzene rings is 1. The van der Waals surface area contributed by atoms with Crippen molar-refractivity contribution in [1.29, 1.82) is 0 Å². The van der Waals surface area contributed by atoms with Gasteiger partial charge in [0.05, 0.1) is 5.56 Å². The van der Waals surface area contributed by atoms with Crippen LogP contribution in [-0.2, 0) is 17.4 Å². The van der Waals surface area contributed by atoms with Gasteiger partial charge in [0.25, 0.3) is 5.24 Å². The molecule has 0 saturated carbocycles. The molecule has 1 aromatic carbocycles. The molecular weight excluding hydrogens is 393 g/mol. The Hall–Kier alpha value is -2.55. The van der Waals surface area contributed by atoms with Crippen molar-refractivity contribution in [2.75, 3.05) is 0 Å². The van der Waals surface area contributed by atoms with Gasteiger partial charge in [0.1, 0.15) is 11.0 Å². The molecule has 1 fully saturated rings. The predicted molar refractivity (Wildman–Crippen MR) is 96.4 cm³/mol. The van der Waals surface area contributed by atoms with Gasteiger partial charge in [-0.15, -0.1) is 0 Å². The van der Waals surface area contributed by atoms with Gasteiger partial charge in [0.2, 0.25) is 11.8 Å². The summed E-state index contributed by atoms with van der Waals surface area (Å²) >= 11 is 1.01. The molecule has 2 heterocycles. The lowest BCUT2D eigenvalue weighted by Gasteiger charge is -2.28. The van der Waals surface area contributed by atoms with E-state index in [-0.39, 0.29) is 22.9 Å². The van der Waals surface area contributed by atoms with Gasteiger partial charge in [0, 0.05) is 18.2 Å². The van der Waals surface area contributed by atoms with E-state index in [0.29, 0.717) is 5.75 Å². The summed E-state index contributed by atoms with van der Waals surface area (Å²) in [5, 5.41) is 1.53. The number of aryl methyl sites for hydroxylation is 1. The molecule has 0 spiro atoms. The van der Waals surface area contributed by atoms with Crippen LogP contribution in [-0.4, -0.2) is 21.4 Å². The molecule has 146 valence electrons. The molecule has 1 aliphatic carbocycles. The van der Waals surface area contributed by atoms with Crippen molar-refractivity contribution >= 4 is 22.9 Å². The molecule has 1 unspecified atom stereocenters. The van der Waals surface area contributed by atoms with Crippen LogP contribution in [0.25, 0.3) is 0 Å². The van der Waals surface area contributed by atoms with Gasteiger partial charge < -0.3 is 4.74 Å². The topological polar surface area (TPSA) is 68.3 Å². The number of halogens is 3. The fourth-order valence-corrected chi connectivity index (χ4v) is 4.61. The summed E-state index contributed by atoms with van der Waals surface area (Å²) in [6.45, 7) is 0. The van der Waals surface area contributed by atoms with Crippen molar-refractivity contribution in [3.8, 4) is 11.6 Å². The van der Waals surface area contributed by atoms with Gasteiger partial charge in [0.15, 0.2) is 0 Å². The number of carbonyl (C=O) groups is 2. The Bertz CT molecular complexity index is 948. The molecule has 2 atom stereocenters. The predicted octanol–water partition coefficient (Wildman–Crippen LogP) is 4.66. The summed E-state index contributed by atoms with van der Waals surface area (Å²) in [5.74, 6) is -0.119. The largest absolute Gasteiger partial charge is 0.439 e. The number of rotatable bonds is 3. The van der Waals surface area contributed by atoms with Crippen LogP contribution >= 0.6 is 11.8 Å². The van der Waals surface area contributed by atoms with Crippen LogP contribution in [0.2, 0.25) is 0 Å². The molecule has 28 heavy (non-hydrogen) atoms. The summed E-state index contributed by atoms with van der Waals surface area (Å²) in [6, 6.07) is 6.98. The van der Waals surface area contributed by atoms with Crippen LogP contribution in [0, 0.1) is 0 Å². The fourth-order valence-electron chi connectivity index (χ4n) is 3.60. The minimum absolute atomic E-state index is 0.0825. The number of nitrogens with zero attached hydrogens (tertiary/aromatic N) is 1. The second-order valence-corrected chi connectivity index (χ2v) is 7.77. The lowest BCUT2D eigenvalue weighted by atomic mass is 9.80. The van der Waals surface area contributed by atoms with Gasteiger partial charge in [-0.2, -0.15) is 13.2 Å². The Morgan fingerprint density at radius 2 is 2.00 bits per heavy atom. The standard InChI is InChI=1S/C19H15F3N2O3S/c20-19(21,22)11-6-7-23-15(9-11)27-12-4-5-13-10(8-12)2-1-3-14(13)16-17(25)24-18(26)28-16/h4-9,14,16H,1-3H2,(H,24,25,26)/t14-,16?/m0/s1. The number of hydrogen-bond acceptors (Lipinski definition) is 5. The van der Waals surface area contributed by atoms with Crippen molar-refractivity contribution in [2.24, 2.45) is 0 Å². The number of ether oxygens (including phenoxy) is 1. The van der Waals surface area contributed by atoms with E-state index in [9.17, 15) is 22.8 Å². The first kappa shape index (κ1) is 18.8. The number of amides is 2. The van der Waals surface area contributed by atoms with Crippen molar-refractivity contribution < 1.29 is 27.5 Å². The molecule has 4 rings (SSSR count). The zero-order valence-electron chi connectivity index (χ0n) is 14.5. The number of imide groups is 1. The molecule has 0 bridgehead atoms. The van der Waals surface area contributed by atoms with E-state index in [1.807, 2.05) is 6.07 Å². The normalized spacial score (nSPS) is 22.0. The number of carbonyl (C=O) groups excluding carboxylic acids is 2. The summed E-state index contributed by atoms with van der Waals surface area (Å²) < 4.78 is 44.0. The number of fused-ring (bicyclic) bond motifs is 1. The van der Waals surface area contributed by atoms with E-state index >= 15 is 0 Å². The molecule has 1 N–H and O–H groups in total. The van der Waals surface area contributed by atoms with E-state index in [1.54, 1.807) is 12.1 Å². The highest BCUT2D eigenvalue weighted by molar-refractivity contribution is 8.15. The molecule has 2 aliphatic rings. The van der Waals surface area contributed by atoms with Crippen LogP contribution in [0.15, 0.2) is 36.5 Å². The first-order valence-electron chi connectivity index (χ1n) is 8.66. The highest BCUT2D eigenvalue weighted by Gasteiger charge is 2.40. The molecule has 1 aliphatic heterocycles. The van der Waals surface area contributed by atoms with Crippen LogP contribution in [0.4, 0.5) is 18.0 Å². The first-order chi connectivity index (χ1) is 13.3. The van der Waals surface area contributed by atoms with Gasteiger partial charge in [-0.25, -0.2) is 4.98 Å². The van der Waals surface area contributed by atoms with E-state index in [0.717, 1.165) is 60.5 Å². The van der Waals surface area contributed by atoms with E-state index in [1.165, 1.54) is 0 Å². The zero-order chi connectivity index (χ0) is 19.9. The molecule has 0 radical (unpaired) electrons. The number of pyridine rings is 1. The first-order valence-corrected chi connectivity index (χ1v) is 9.54. The summed E-state index contributed by atoms with van der Waals surface area (Å²) in [4.78, 5) is 27.4. The number of alkyl halides is 3. The quantitative estimate of drug-likeness (QED) is 0.800. The maximum absolute atomic E-state index is 12.8. The van der Waals surface area contributed by atoms with E-state index < -0.39 is 17.0 Å². The number of thioether (sulfide) groups is 1. The fraction of sp³-hybridized carbons (Fsp3) is 0.316. The minimum Gasteiger partial charge on any atom is -0.439 e. The van der Waals surface area contributed by atoms with Gasteiger partial charge >= 0.3 is 6.18 Å². The number of nitrogens with one attached hydrogen (secondary N) is 1. The second kappa shape index (κ2) is 7.12. The van der Waals surface area contributed by atoms with Crippen LogP contribution in [0.3, 0.4) is 0 Å². The molecule has 1 aromatic heterocycles. The molecule has 1 saturated heterocycles. The average Bonchev–Trinajstić information content (AvgIpc) is 2.98. The Morgan fingerprint density at radius 1 is 1.18 bits per heavy atom. The minimum atomic E-state index is -4.47. The smallest absolute Gasteiger partial charge is 0.416 e. The van der Waals surface area contributed by atoms with Gasteiger partial charge in [-0.1, -0.05) is 17.8 Å². The number of hydrogen-bond donors (Lipinski definition) is 1. The second-order valence-electron chi connectivity index (χ2n) is 6.66. The lowest BCUT2D eigenvalue weighted by Crippen LogP contribution is -2.30. The molecule has 5 nitrogen and oxygen atoms in total. The molecule has 9 heteroatoms. The van der Waals surface area contributed by atoms with E-state index in [4.69, 9.17) is 4.74 Å². The molecule has 2 amide bonds. The number of aromatic nitrogens is 1. The van der Waals surface area contributed by atoms with Crippen molar-refractivity contribution in [1.82, 2.24) is 10.3 Å². The summed E-state index contributed by atoms with van der Waals surface area (Å²) in [6.07, 6.45) is -1.01. The maximum Gasteiger partial charge on any atom is 0.416 e. The average molecular weight is 408 g/mol. The highest BCUT2D eigenvalue weighted by Crippen LogP contribution is 2.42. The maximum atomic E-state index is 12.8. The zero-order valence-corrected chi connectivity index (χ0v) is 15.3. The Labute approximate surface area is 162 Å². The third-order valence-electron chi connectivity index (χ3n) is 4.84. The van der Waals surface area contributed by atoms with Gasteiger partial charge in [-0.05, 0) is 48.6 Å². The van der Waals surface area contributed by atoms with Crippen molar-refractivity contribution in [2.45, 2.75) is 36.6 Å². The Balaban J connectivity index is 1.58. The van der Waals surface area contributed by atoms with Gasteiger partial charge in [-0.3, -0.25) is 14.9 Å². The molecular formula is C19H15F3N2O3S. The Kier molecular flexibility index (Phi) is 4.78.